The van der Waals surface area contributed by atoms with Crippen LogP contribution in [0.4, 0.5) is 16.3 Å². The molecule has 0 saturated carbocycles. The fraction of sp³-hybridized carbons (Fsp3) is 0.333. The molecule has 162 valence electrons. The summed E-state index contributed by atoms with van der Waals surface area (Å²) in [4.78, 5) is 26.3. The van der Waals surface area contributed by atoms with Crippen molar-refractivity contribution in [1.82, 2.24) is 20.2 Å². The van der Waals surface area contributed by atoms with Crippen molar-refractivity contribution in [1.29, 1.82) is 5.41 Å². The van der Waals surface area contributed by atoms with Crippen LogP contribution in [0.3, 0.4) is 0 Å². The molecule has 1 aliphatic rings. The number of carbonyl (C=O) groups excluding carboxylic acids is 1. The van der Waals surface area contributed by atoms with E-state index in [0.717, 1.165) is 39.6 Å². The molecule has 31 heavy (non-hydrogen) atoms. The van der Waals surface area contributed by atoms with Crippen LogP contribution in [0.1, 0.15) is 10.4 Å². The van der Waals surface area contributed by atoms with Gasteiger partial charge in [-0.1, -0.05) is 12.1 Å². The topological polar surface area (TPSA) is 120 Å². The Morgan fingerprint density at radius 1 is 1.35 bits per heavy atom. The van der Waals surface area contributed by atoms with Gasteiger partial charge in [0, 0.05) is 55.1 Å². The van der Waals surface area contributed by atoms with E-state index < -0.39 is 0 Å². The molecule has 0 radical (unpaired) electrons. The summed E-state index contributed by atoms with van der Waals surface area (Å²) in [6, 6.07) is 7.33. The second kappa shape index (κ2) is 8.86. The highest BCUT2D eigenvalue weighted by atomic mass is 32.1. The fourth-order valence-corrected chi connectivity index (χ4v) is 4.47. The number of thiophene rings is 1. The van der Waals surface area contributed by atoms with Gasteiger partial charge in [0.25, 0.3) is 0 Å². The number of rotatable bonds is 5. The van der Waals surface area contributed by atoms with Crippen LogP contribution < -0.4 is 16.0 Å². The molecule has 0 aliphatic carbocycles. The van der Waals surface area contributed by atoms with Gasteiger partial charge in [-0.15, -0.1) is 11.3 Å². The van der Waals surface area contributed by atoms with E-state index in [1.807, 2.05) is 18.2 Å². The minimum atomic E-state index is -0.145. The number of hydrogen-bond acceptors (Lipinski definition) is 8. The van der Waals surface area contributed by atoms with Crippen LogP contribution in [-0.4, -0.2) is 67.5 Å². The number of nitrogen functional groups attached to an aromatic ring is 1. The molecule has 0 bridgehead atoms. The first kappa shape index (κ1) is 21.0. The van der Waals surface area contributed by atoms with Crippen molar-refractivity contribution >= 4 is 45.3 Å². The molecule has 2 aromatic heterocycles. The van der Waals surface area contributed by atoms with Gasteiger partial charge in [0.1, 0.15) is 0 Å². The van der Waals surface area contributed by atoms with Crippen LogP contribution in [0.15, 0.2) is 24.3 Å². The molecule has 9 nitrogen and oxygen atoms in total. The van der Waals surface area contributed by atoms with Gasteiger partial charge >= 0.3 is 6.03 Å². The summed E-state index contributed by atoms with van der Waals surface area (Å²) in [5.74, 6) is 1.37. The van der Waals surface area contributed by atoms with Gasteiger partial charge < -0.3 is 31.0 Å². The Morgan fingerprint density at radius 3 is 2.84 bits per heavy atom. The van der Waals surface area contributed by atoms with Crippen molar-refractivity contribution in [3.8, 4) is 11.4 Å². The zero-order chi connectivity index (χ0) is 22.0. The van der Waals surface area contributed by atoms with E-state index in [1.54, 1.807) is 31.5 Å². The second-order valence-electron chi connectivity index (χ2n) is 7.40. The van der Waals surface area contributed by atoms with E-state index in [1.165, 1.54) is 11.1 Å². The molecule has 4 N–H and O–H groups in total. The predicted molar refractivity (Wildman–Crippen MR) is 124 cm³/mol. The number of carbonyl (C=O) groups is 1. The van der Waals surface area contributed by atoms with Gasteiger partial charge in [-0.05, 0) is 12.1 Å². The largest absolute Gasteiger partial charge is 0.398 e. The Kier molecular flexibility index (Phi) is 6.01. The van der Waals surface area contributed by atoms with Gasteiger partial charge in [-0.2, -0.15) is 0 Å². The smallest absolute Gasteiger partial charge is 0.317 e. The summed E-state index contributed by atoms with van der Waals surface area (Å²) in [5, 5.41) is 10.7. The number of urea groups is 1. The Hall–Kier alpha value is -3.24. The number of nitrogens with zero attached hydrogens (tertiary/aromatic N) is 4. The third-order valence-corrected chi connectivity index (χ3v) is 6.18. The van der Waals surface area contributed by atoms with Gasteiger partial charge in [0.05, 0.1) is 30.0 Å². The quantitative estimate of drug-likeness (QED) is 0.415. The maximum absolute atomic E-state index is 11.9. The molecule has 1 saturated heterocycles. The van der Waals surface area contributed by atoms with Crippen LogP contribution in [0, 0.1) is 5.41 Å². The summed E-state index contributed by atoms with van der Waals surface area (Å²) in [7, 11) is 3.42. The number of ether oxygens (including phenoxy) is 1. The summed E-state index contributed by atoms with van der Waals surface area (Å²) < 4.78 is 6.49. The van der Waals surface area contributed by atoms with E-state index >= 15 is 0 Å². The first-order valence-corrected chi connectivity index (χ1v) is 10.8. The monoisotopic (exact) mass is 439 g/mol. The Morgan fingerprint density at radius 2 is 2.13 bits per heavy atom. The van der Waals surface area contributed by atoms with Crippen molar-refractivity contribution in [2.45, 2.75) is 6.54 Å². The summed E-state index contributed by atoms with van der Waals surface area (Å²) in [6.07, 6.45) is 1.24. The maximum Gasteiger partial charge on any atom is 0.317 e. The van der Waals surface area contributed by atoms with Crippen LogP contribution >= 0.6 is 11.3 Å². The second-order valence-corrected chi connectivity index (χ2v) is 8.54. The summed E-state index contributed by atoms with van der Waals surface area (Å²) in [6.45, 7) is 3.18. The minimum absolute atomic E-state index is 0.145. The third kappa shape index (κ3) is 4.30. The van der Waals surface area contributed by atoms with E-state index in [2.05, 4.69) is 10.2 Å². The molecule has 0 spiro atoms. The Balaban J connectivity index is 1.80. The molecule has 1 fully saturated rings. The molecule has 1 aromatic carbocycles. The zero-order valence-electron chi connectivity index (χ0n) is 17.5. The molecule has 2 amide bonds. The number of anilines is 2. The van der Waals surface area contributed by atoms with E-state index in [0.29, 0.717) is 36.8 Å². The van der Waals surface area contributed by atoms with Crippen LogP contribution in [0.2, 0.25) is 0 Å². The number of hydrogen-bond donors (Lipinski definition) is 3. The van der Waals surface area contributed by atoms with Crippen LogP contribution in [0.5, 0.6) is 0 Å². The number of benzene rings is 1. The lowest BCUT2D eigenvalue weighted by Crippen LogP contribution is -2.36. The number of fused-ring (bicyclic) bond motifs is 1. The zero-order valence-corrected chi connectivity index (χ0v) is 18.3. The number of morpholine rings is 1. The minimum Gasteiger partial charge on any atom is -0.398 e. The van der Waals surface area contributed by atoms with Crippen molar-refractivity contribution in [2.24, 2.45) is 0 Å². The summed E-state index contributed by atoms with van der Waals surface area (Å²) in [5.41, 5.74) is 8.73. The molecular weight excluding hydrogens is 414 g/mol. The van der Waals surface area contributed by atoms with Crippen molar-refractivity contribution < 1.29 is 9.53 Å². The number of nitrogens with two attached hydrogens (primary N) is 1. The molecule has 3 heterocycles. The van der Waals surface area contributed by atoms with E-state index in [9.17, 15) is 4.79 Å². The maximum atomic E-state index is 11.9. The molecule has 1 aliphatic heterocycles. The van der Waals surface area contributed by atoms with Crippen LogP contribution in [0.25, 0.3) is 21.6 Å². The van der Waals surface area contributed by atoms with Gasteiger partial charge in [0.2, 0.25) is 0 Å². The van der Waals surface area contributed by atoms with Gasteiger partial charge in [-0.3, -0.25) is 0 Å². The van der Waals surface area contributed by atoms with Crippen molar-refractivity contribution in [2.75, 3.05) is 51.0 Å². The van der Waals surface area contributed by atoms with Crippen molar-refractivity contribution in [3.05, 3.63) is 34.7 Å². The Bertz CT molecular complexity index is 1120. The van der Waals surface area contributed by atoms with Gasteiger partial charge in [-0.25, -0.2) is 14.8 Å². The first-order chi connectivity index (χ1) is 15.0. The first-order valence-electron chi connectivity index (χ1n) is 9.95. The highest BCUT2D eigenvalue weighted by Crippen LogP contribution is 2.35. The molecule has 3 aromatic rings. The van der Waals surface area contributed by atoms with Crippen LogP contribution in [-0.2, 0) is 11.3 Å². The Labute approximate surface area is 184 Å². The normalized spacial score (nSPS) is 13.9. The predicted octanol–water partition coefficient (Wildman–Crippen LogP) is 2.55. The summed E-state index contributed by atoms with van der Waals surface area (Å²) >= 11 is 1.58. The third-order valence-electron chi connectivity index (χ3n) is 5.06. The van der Waals surface area contributed by atoms with E-state index in [-0.39, 0.29) is 6.03 Å². The highest BCUT2D eigenvalue weighted by Gasteiger charge is 2.21. The lowest BCUT2D eigenvalue weighted by molar-refractivity contribution is 0.122. The molecular formula is C21H25N7O2S. The number of amides is 2. The number of aromatic nitrogens is 2. The van der Waals surface area contributed by atoms with Crippen molar-refractivity contribution in [3.63, 3.8) is 0 Å². The fourth-order valence-electron chi connectivity index (χ4n) is 3.42. The van der Waals surface area contributed by atoms with Gasteiger partial charge in [0.15, 0.2) is 11.6 Å². The average molecular weight is 440 g/mol. The lowest BCUT2D eigenvalue weighted by atomic mass is 10.1. The van der Waals surface area contributed by atoms with E-state index in [4.69, 9.17) is 25.8 Å². The molecule has 0 unspecified atom stereocenters. The number of nitrogens with one attached hydrogen (secondary N) is 2. The molecule has 4 rings (SSSR count). The SMILES string of the molecule is CN(C)C(=O)NCc1cc2nc(-c3cccc(N)c3C=N)nc(N3CCOCC3)c2s1. The molecule has 0 atom stereocenters. The average Bonchev–Trinajstić information content (AvgIpc) is 3.20. The highest BCUT2D eigenvalue weighted by molar-refractivity contribution is 7.19. The standard InChI is InChI=1S/C21H25N7O2S/c1-27(2)21(29)24-12-13-10-17-18(31-13)20(28-6-8-30-9-7-28)26-19(25-17)14-4-3-5-16(23)15(14)11-22/h3-5,10-11,22H,6-9,12,23H2,1-2H3,(H,24,29). The molecule has 10 heteroatoms. The lowest BCUT2D eigenvalue weighted by Gasteiger charge is -2.28.